The van der Waals surface area contributed by atoms with Gasteiger partial charge in [0.05, 0.1) is 0 Å². The molecule has 0 amide bonds. The summed E-state index contributed by atoms with van der Waals surface area (Å²) in [4.78, 5) is 19.0. The number of aryl methyl sites for hydroxylation is 1. The first-order valence-electron chi connectivity index (χ1n) is 5.78. The molecule has 1 aromatic carbocycles. The fourth-order valence-corrected chi connectivity index (χ4v) is 1.96. The van der Waals surface area contributed by atoms with Crippen molar-refractivity contribution in [2.45, 2.75) is 6.92 Å². The zero-order valence-corrected chi connectivity index (χ0v) is 10.2. The van der Waals surface area contributed by atoms with Crippen molar-refractivity contribution in [3.63, 3.8) is 0 Å². The predicted octanol–water partition coefficient (Wildman–Crippen LogP) is 2.40. The molecule has 0 aliphatic heterocycles. The highest BCUT2D eigenvalue weighted by molar-refractivity contribution is 5.85. The van der Waals surface area contributed by atoms with Gasteiger partial charge in [-0.15, -0.1) is 0 Å². The van der Waals surface area contributed by atoms with Crippen LogP contribution in [0.1, 0.15) is 16.1 Å². The molecule has 5 heteroatoms. The highest BCUT2D eigenvalue weighted by Crippen LogP contribution is 2.19. The third-order valence-electron chi connectivity index (χ3n) is 2.88. The van der Waals surface area contributed by atoms with E-state index in [0.717, 1.165) is 16.7 Å². The minimum Gasteiger partial charge on any atom is -0.476 e. The number of fused-ring (bicyclic) bond motifs is 1. The Kier molecular flexibility index (Phi) is 2.52. The second kappa shape index (κ2) is 4.20. The lowest BCUT2D eigenvalue weighted by Gasteiger charge is -2.02. The van der Waals surface area contributed by atoms with Crippen molar-refractivity contribution in [2.24, 2.45) is 0 Å². The molecule has 0 aliphatic rings. The largest absolute Gasteiger partial charge is 0.476 e. The highest BCUT2D eigenvalue weighted by atomic mass is 16.4. The average molecular weight is 253 g/mol. The lowest BCUT2D eigenvalue weighted by molar-refractivity contribution is 0.0691. The molecule has 94 valence electrons. The zero-order chi connectivity index (χ0) is 13.4. The SMILES string of the molecule is Cc1cccc(-c2cnc3nc(C(=O)O)cn3c2)c1. The van der Waals surface area contributed by atoms with Crippen LogP contribution in [0.5, 0.6) is 0 Å². The summed E-state index contributed by atoms with van der Waals surface area (Å²) in [5.74, 6) is -0.670. The topological polar surface area (TPSA) is 67.5 Å². The van der Waals surface area contributed by atoms with Crippen LogP contribution in [0.2, 0.25) is 0 Å². The van der Waals surface area contributed by atoms with Crippen molar-refractivity contribution < 1.29 is 9.90 Å². The van der Waals surface area contributed by atoms with Crippen LogP contribution in [0.25, 0.3) is 16.9 Å². The molecule has 3 rings (SSSR count). The Morgan fingerprint density at radius 1 is 1.26 bits per heavy atom. The van der Waals surface area contributed by atoms with Crippen LogP contribution in [0.3, 0.4) is 0 Å². The molecule has 1 N–H and O–H groups in total. The van der Waals surface area contributed by atoms with E-state index in [4.69, 9.17) is 5.11 Å². The maximum Gasteiger partial charge on any atom is 0.356 e. The van der Waals surface area contributed by atoms with Crippen LogP contribution < -0.4 is 0 Å². The Bertz CT molecular complexity index is 777. The Balaban J connectivity index is 2.13. The monoisotopic (exact) mass is 253 g/mol. The number of carbonyl (C=O) groups is 1. The highest BCUT2D eigenvalue weighted by Gasteiger charge is 2.10. The molecule has 0 saturated heterocycles. The first kappa shape index (κ1) is 11.4. The number of carboxylic acids is 1. The summed E-state index contributed by atoms with van der Waals surface area (Å²) in [5.41, 5.74) is 3.12. The van der Waals surface area contributed by atoms with Crippen LogP contribution in [-0.2, 0) is 0 Å². The number of rotatable bonds is 2. The van der Waals surface area contributed by atoms with Gasteiger partial charge in [-0.25, -0.2) is 14.8 Å². The number of imidazole rings is 1. The van der Waals surface area contributed by atoms with E-state index in [9.17, 15) is 4.79 Å². The molecular formula is C14H11N3O2. The first-order valence-corrected chi connectivity index (χ1v) is 5.78. The summed E-state index contributed by atoms with van der Waals surface area (Å²) in [6.07, 6.45) is 4.99. The van der Waals surface area contributed by atoms with Crippen molar-refractivity contribution in [1.29, 1.82) is 0 Å². The van der Waals surface area contributed by atoms with Crippen LogP contribution >= 0.6 is 0 Å². The molecule has 0 bridgehead atoms. The van der Waals surface area contributed by atoms with Crippen LogP contribution in [0, 0.1) is 6.92 Å². The molecule has 0 radical (unpaired) electrons. The van der Waals surface area contributed by atoms with Gasteiger partial charge in [0, 0.05) is 24.2 Å². The zero-order valence-electron chi connectivity index (χ0n) is 10.2. The van der Waals surface area contributed by atoms with Gasteiger partial charge in [0.15, 0.2) is 5.69 Å². The summed E-state index contributed by atoms with van der Waals surface area (Å²) >= 11 is 0. The van der Waals surface area contributed by atoms with E-state index in [1.807, 2.05) is 31.3 Å². The second-order valence-corrected chi connectivity index (χ2v) is 4.35. The molecule has 2 heterocycles. The molecular weight excluding hydrogens is 242 g/mol. The number of hydrogen-bond acceptors (Lipinski definition) is 3. The van der Waals surface area contributed by atoms with Gasteiger partial charge >= 0.3 is 5.97 Å². The van der Waals surface area contributed by atoms with Gasteiger partial charge in [-0.2, -0.15) is 0 Å². The summed E-state index contributed by atoms with van der Waals surface area (Å²) in [6.45, 7) is 2.02. The van der Waals surface area contributed by atoms with Gasteiger partial charge in [0.2, 0.25) is 5.78 Å². The number of hydrogen-bond donors (Lipinski definition) is 1. The average Bonchev–Trinajstić information content (AvgIpc) is 2.81. The quantitative estimate of drug-likeness (QED) is 0.761. The van der Waals surface area contributed by atoms with E-state index >= 15 is 0 Å². The van der Waals surface area contributed by atoms with E-state index in [2.05, 4.69) is 16.0 Å². The molecule has 0 unspecified atom stereocenters. The van der Waals surface area contributed by atoms with Gasteiger partial charge in [0.1, 0.15) is 0 Å². The first-order chi connectivity index (χ1) is 9.13. The van der Waals surface area contributed by atoms with Gasteiger partial charge < -0.3 is 5.11 Å². The van der Waals surface area contributed by atoms with E-state index in [-0.39, 0.29) is 5.69 Å². The van der Waals surface area contributed by atoms with Gasteiger partial charge in [0.25, 0.3) is 0 Å². The third-order valence-corrected chi connectivity index (χ3v) is 2.88. The van der Waals surface area contributed by atoms with Crippen molar-refractivity contribution in [3.05, 3.63) is 54.1 Å². The molecule has 0 saturated carbocycles. The standard InChI is InChI=1S/C14H11N3O2/c1-9-3-2-4-10(5-9)11-6-15-14-16-12(13(18)19)8-17(14)7-11/h2-8H,1H3,(H,18,19). The minimum absolute atomic E-state index is 0.00566. The fourth-order valence-electron chi connectivity index (χ4n) is 1.96. The summed E-state index contributed by atoms with van der Waals surface area (Å²) in [5, 5.41) is 8.90. The maximum atomic E-state index is 10.9. The summed E-state index contributed by atoms with van der Waals surface area (Å²) in [6, 6.07) is 8.05. The normalized spacial score (nSPS) is 10.8. The molecule has 2 aromatic heterocycles. The number of nitrogens with zero attached hydrogens (tertiary/aromatic N) is 3. The van der Waals surface area contributed by atoms with E-state index in [1.54, 1.807) is 10.6 Å². The third kappa shape index (κ3) is 2.06. The van der Waals surface area contributed by atoms with Crippen molar-refractivity contribution in [1.82, 2.24) is 14.4 Å². The lowest BCUT2D eigenvalue weighted by Crippen LogP contribution is -1.94. The molecule has 0 atom stereocenters. The van der Waals surface area contributed by atoms with E-state index in [1.165, 1.54) is 6.20 Å². The smallest absolute Gasteiger partial charge is 0.356 e. The number of benzene rings is 1. The molecule has 3 aromatic rings. The van der Waals surface area contributed by atoms with E-state index in [0.29, 0.717) is 5.78 Å². The molecule has 0 fully saturated rings. The molecule has 0 spiro atoms. The van der Waals surface area contributed by atoms with Crippen molar-refractivity contribution in [3.8, 4) is 11.1 Å². The second-order valence-electron chi connectivity index (χ2n) is 4.35. The molecule has 19 heavy (non-hydrogen) atoms. The Hall–Kier alpha value is -2.69. The van der Waals surface area contributed by atoms with Crippen molar-refractivity contribution >= 4 is 11.7 Å². The van der Waals surface area contributed by atoms with Gasteiger partial charge in [-0.1, -0.05) is 29.8 Å². The summed E-state index contributed by atoms with van der Waals surface area (Å²) in [7, 11) is 0. The number of carboxylic acid groups (broad SMARTS) is 1. The van der Waals surface area contributed by atoms with Crippen LogP contribution in [0.4, 0.5) is 0 Å². The molecule has 0 aliphatic carbocycles. The fraction of sp³-hybridized carbons (Fsp3) is 0.0714. The lowest BCUT2D eigenvalue weighted by atomic mass is 10.1. The summed E-state index contributed by atoms with van der Waals surface area (Å²) < 4.78 is 1.63. The Labute approximate surface area is 109 Å². The van der Waals surface area contributed by atoms with Crippen LogP contribution in [0.15, 0.2) is 42.9 Å². The van der Waals surface area contributed by atoms with Gasteiger partial charge in [-0.3, -0.25) is 4.40 Å². The van der Waals surface area contributed by atoms with Gasteiger partial charge in [-0.05, 0) is 12.5 Å². The van der Waals surface area contributed by atoms with Crippen molar-refractivity contribution in [2.75, 3.05) is 0 Å². The number of aromatic carboxylic acids is 1. The Morgan fingerprint density at radius 2 is 2.11 bits per heavy atom. The molecule has 5 nitrogen and oxygen atoms in total. The van der Waals surface area contributed by atoms with E-state index < -0.39 is 5.97 Å². The van der Waals surface area contributed by atoms with Crippen LogP contribution in [-0.4, -0.2) is 25.4 Å². The Morgan fingerprint density at radius 3 is 2.84 bits per heavy atom. The maximum absolute atomic E-state index is 10.9. The predicted molar refractivity (Wildman–Crippen MR) is 70.1 cm³/mol. The number of aromatic nitrogens is 3. The minimum atomic E-state index is -1.05.